The smallest absolute Gasteiger partial charge is 0.239 e. The molecule has 3 nitrogen and oxygen atoms in total. The Morgan fingerprint density at radius 1 is 1.61 bits per heavy atom. The molecule has 1 aromatic heterocycles. The van der Waals surface area contributed by atoms with Crippen molar-refractivity contribution >= 4 is 45.6 Å². The molecular weight excluding hydrogens is 336 g/mol. The zero-order valence-corrected chi connectivity index (χ0v) is 13.5. The molecular formula is C12H18BrClN2OS. The number of hydrogen-bond donors (Lipinski definition) is 1. The topological polar surface area (TPSA) is 32.3 Å². The lowest BCUT2D eigenvalue weighted by molar-refractivity contribution is -0.133. The lowest BCUT2D eigenvalue weighted by Gasteiger charge is -2.27. The number of thiophene rings is 1. The standard InChI is InChI=1S/C12H17BrN2OS.ClH/c1-15(7-10-6-9(13)8-17-10)12(16)11-4-2-3-5-14-11;/h6,8,11,14H,2-5,7H2,1H3;1H/t11-;/m0./s1. The molecule has 18 heavy (non-hydrogen) atoms. The molecule has 1 saturated heterocycles. The quantitative estimate of drug-likeness (QED) is 0.906. The van der Waals surface area contributed by atoms with Gasteiger partial charge in [0.25, 0.3) is 0 Å². The third-order valence-electron chi connectivity index (χ3n) is 3.00. The maximum absolute atomic E-state index is 12.2. The van der Waals surface area contributed by atoms with Crippen molar-refractivity contribution < 1.29 is 4.79 Å². The molecule has 6 heteroatoms. The fraction of sp³-hybridized carbons (Fsp3) is 0.583. The van der Waals surface area contributed by atoms with Gasteiger partial charge in [-0.05, 0) is 41.4 Å². The number of halogens is 2. The normalized spacial score (nSPS) is 19.1. The number of hydrogen-bond acceptors (Lipinski definition) is 3. The molecule has 1 aliphatic rings. The van der Waals surface area contributed by atoms with Gasteiger partial charge in [0.2, 0.25) is 5.91 Å². The van der Waals surface area contributed by atoms with Gasteiger partial charge in [-0.25, -0.2) is 0 Å². The molecule has 1 fully saturated rings. The summed E-state index contributed by atoms with van der Waals surface area (Å²) < 4.78 is 1.09. The highest BCUT2D eigenvalue weighted by molar-refractivity contribution is 9.10. The predicted molar refractivity (Wildman–Crippen MR) is 81.4 cm³/mol. The predicted octanol–water partition coefficient (Wildman–Crippen LogP) is 3.03. The van der Waals surface area contributed by atoms with Crippen LogP contribution in [0.5, 0.6) is 0 Å². The first-order chi connectivity index (χ1) is 8.16. The van der Waals surface area contributed by atoms with E-state index in [2.05, 4.69) is 27.3 Å². The Morgan fingerprint density at radius 2 is 2.39 bits per heavy atom. The summed E-state index contributed by atoms with van der Waals surface area (Å²) in [5.74, 6) is 0.217. The van der Waals surface area contributed by atoms with E-state index in [1.54, 1.807) is 11.3 Å². The zero-order chi connectivity index (χ0) is 12.3. The van der Waals surface area contributed by atoms with Crippen LogP contribution in [-0.2, 0) is 11.3 Å². The van der Waals surface area contributed by atoms with E-state index >= 15 is 0 Å². The molecule has 0 radical (unpaired) electrons. The van der Waals surface area contributed by atoms with Crippen LogP contribution in [0.3, 0.4) is 0 Å². The molecule has 0 unspecified atom stereocenters. The van der Waals surface area contributed by atoms with E-state index in [4.69, 9.17) is 0 Å². The van der Waals surface area contributed by atoms with E-state index in [-0.39, 0.29) is 24.4 Å². The van der Waals surface area contributed by atoms with Crippen LogP contribution in [-0.4, -0.2) is 30.4 Å². The first kappa shape index (κ1) is 16.0. The Hall–Kier alpha value is -0.100. The van der Waals surface area contributed by atoms with Crippen LogP contribution >= 0.6 is 39.7 Å². The number of carbonyl (C=O) groups excluding carboxylic acids is 1. The molecule has 1 aromatic rings. The van der Waals surface area contributed by atoms with Gasteiger partial charge in [0.1, 0.15) is 0 Å². The fourth-order valence-electron chi connectivity index (χ4n) is 2.08. The molecule has 0 aliphatic carbocycles. The van der Waals surface area contributed by atoms with Crippen molar-refractivity contribution in [2.75, 3.05) is 13.6 Å². The summed E-state index contributed by atoms with van der Waals surface area (Å²) in [6.07, 6.45) is 3.31. The zero-order valence-electron chi connectivity index (χ0n) is 10.3. The van der Waals surface area contributed by atoms with Crippen LogP contribution in [0.1, 0.15) is 24.1 Å². The average Bonchev–Trinajstić information content (AvgIpc) is 2.75. The van der Waals surface area contributed by atoms with Crippen LogP contribution in [0.4, 0.5) is 0 Å². The summed E-state index contributed by atoms with van der Waals surface area (Å²) >= 11 is 5.11. The van der Waals surface area contributed by atoms with Gasteiger partial charge < -0.3 is 10.2 Å². The Morgan fingerprint density at radius 3 is 2.94 bits per heavy atom. The summed E-state index contributed by atoms with van der Waals surface area (Å²) in [4.78, 5) is 15.2. The van der Waals surface area contributed by atoms with Crippen LogP contribution < -0.4 is 5.32 Å². The second-order valence-corrected chi connectivity index (χ2v) is 6.34. The third-order valence-corrected chi connectivity index (χ3v) is 4.68. The number of carbonyl (C=O) groups is 1. The van der Waals surface area contributed by atoms with Crippen molar-refractivity contribution in [3.05, 3.63) is 20.8 Å². The summed E-state index contributed by atoms with van der Waals surface area (Å²) in [5.41, 5.74) is 0. The molecule has 102 valence electrons. The minimum atomic E-state index is 0. The van der Waals surface area contributed by atoms with Gasteiger partial charge in [-0.2, -0.15) is 0 Å². The van der Waals surface area contributed by atoms with E-state index in [1.165, 1.54) is 11.3 Å². The lowest BCUT2D eigenvalue weighted by Crippen LogP contribution is -2.46. The molecule has 0 spiro atoms. The first-order valence-electron chi connectivity index (χ1n) is 5.88. The Balaban J connectivity index is 0.00000162. The largest absolute Gasteiger partial charge is 0.339 e. The van der Waals surface area contributed by atoms with Gasteiger partial charge >= 0.3 is 0 Å². The van der Waals surface area contributed by atoms with E-state index in [9.17, 15) is 4.79 Å². The van der Waals surface area contributed by atoms with Crippen LogP contribution in [0, 0.1) is 0 Å². The van der Waals surface area contributed by atoms with Gasteiger partial charge in [0.15, 0.2) is 0 Å². The molecule has 0 aromatic carbocycles. The van der Waals surface area contributed by atoms with Gasteiger partial charge in [0, 0.05) is 21.8 Å². The highest BCUT2D eigenvalue weighted by atomic mass is 79.9. The second kappa shape index (κ2) is 7.48. The Labute approximate surface area is 126 Å². The molecule has 0 saturated carbocycles. The maximum atomic E-state index is 12.2. The minimum absolute atomic E-state index is 0. The van der Waals surface area contributed by atoms with E-state index < -0.39 is 0 Å². The lowest BCUT2D eigenvalue weighted by atomic mass is 10.0. The van der Waals surface area contributed by atoms with Crippen LogP contribution in [0.25, 0.3) is 0 Å². The van der Waals surface area contributed by atoms with Crippen molar-refractivity contribution in [1.82, 2.24) is 10.2 Å². The molecule has 2 heterocycles. The monoisotopic (exact) mass is 352 g/mol. The number of rotatable bonds is 3. The summed E-state index contributed by atoms with van der Waals surface area (Å²) in [7, 11) is 1.88. The van der Waals surface area contributed by atoms with Crippen molar-refractivity contribution in [1.29, 1.82) is 0 Å². The van der Waals surface area contributed by atoms with Crippen LogP contribution in [0.2, 0.25) is 0 Å². The molecule has 0 bridgehead atoms. The SMILES string of the molecule is CN(Cc1cc(Br)cs1)C(=O)[C@@H]1CCCCN1.Cl. The Kier molecular flexibility index (Phi) is 6.63. The van der Waals surface area contributed by atoms with Gasteiger partial charge in [-0.15, -0.1) is 23.7 Å². The number of nitrogens with one attached hydrogen (secondary N) is 1. The van der Waals surface area contributed by atoms with Crippen molar-refractivity contribution in [3.63, 3.8) is 0 Å². The highest BCUT2D eigenvalue weighted by Gasteiger charge is 2.23. The van der Waals surface area contributed by atoms with E-state index in [0.717, 1.165) is 23.9 Å². The number of likely N-dealkylation sites (N-methyl/N-ethyl adjacent to an activating group) is 1. The number of nitrogens with zero attached hydrogens (tertiary/aromatic N) is 1. The van der Waals surface area contributed by atoms with E-state index in [0.29, 0.717) is 6.54 Å². The second-order valence-electron chi connectivity index (χ2n) is 4.43. The molecule has 2 rings (SSSR count). The minimum Gasteiger partial charge on any atom is -0.339 e. The maximum Gasteiger partial charge on any atom is 0.239 e. The first-order valence-corrected chi connectivity index (χ1v) is 7.55. The van der Waals surface area contributed by atoms with Crippen molar-refractivity contribution in [2.45, 2.75) is 31.8 Å². The van der Waals surface area contributed by atoms with E-state index in [1.807, 2.05) is 17.3 Å². The summed E-state index contributed by atoms with van der Waals surface area (Å²) in [6, 6.07) is 2.10. The fourth-order valence-corrected chi connectivity index (χ4v) is 3.58. The third kappa shape index (κ3) is 4.23. The van der Waals surface area contributed by atoms with Gasteiger partial charge in [-0.1, -0.05) is 6.42 Å². The Bertz CT molecular complexity index is 393. The molecule has 1 aliphatic heterocycles. The van der Waals surface area contributed by atoms with Gasteiger partial charge in [0.05, 0.1) is 12.6 Å². The highest BCUT2D eigenvalue weighted by Crippen LogP contribution is 2.21. The number of amides is 1. The number of piperidine rings is 1. The average molecular weight is 354 g/mol. The summed E-state index contributed by atoms with van der Waals surface area (Å²) in [6.45, 7) is 1.67. The summed E-state index contributed by atoms with van der Waals surface area (Å²) in [5, 5.41) is 5.34. The molecule has 1 N–H and O–H groups in total. The molecule has 1 atom stereocenters. The van der Waals surface area contributed by atoms with Crippen molar-refractivity contribution in [2.24, 2.45) is 0 Å². The van der Waals surface area contributed by atoms with Crippen LogP contribution in [0.15, 0.2) is 15.9 Å². The van der Waals surface area contributed by atoms with Gasteiger partial charge in [-0.3, -0.25) is 4.79 Å². The molecule has 1 amide bonds. The van der Waals surface area contributed by atoms with Crippen molar-refractivity contribution in [3.8, 4) is 0 Å².